The summed E-state index contributed by atoms with van der Waals surface area (Å²) in [4.78, 5) is 25.1. The topological polar surface area (TPSA) is 84.0 Å². The molecule has 3 rings (SSSR count). The molecule has 1 fully saturated rings. The summed E-state index contributed by atoms with van der Waals surface area (Å²) in [6.07, 6.45) is 0.245. The van der Waals surface area contributed by atoms with Crippen LogP contribution in [0.3, 0.4) is 0 Å². The SMILES string of the molecule is CCN(c1cccc(C)c1)S(=O)(=O)c1cc(N2C(=O)CCC2=O)ccc1OC. The number of imide groups is 1. The van der Waals surface area contributed by atoms with E-state index in [-0.39, 0.29) is 47.5 Å². The lowest BCUT2D eigenvalue weighted by atomic mass is 10.2. The number of ether oxygens (including phenoxy) is 1. The van der Waals surface area contributed by atoms with Crippen LogP contribution in [0.4, 0.5) is 11.4 Å². The minimum atomic E-state index is -3.99. The number of carbonyl (C=O) groups is 2. The number of anilines is 2. The van der Waals surface area contributed by atoms with Crippen molar-refractivity contribution >= 4 is 33.2 Å². The van der Waals surface area contributed by atoms with Crippen LogP contribution in [0.25, 0.3) is 0 Å². The molecule has 0 aromatic heterocycles. The minimum absolute atomic E-state index is 0.0941. The maximum Gasteiger partial charge on any atom is 0.268 e. The fourth-order valence-electron chi connectivity index (χ4n) is 3.26. The summed E-state index contributed by atoms with van der Waals surface area (Å²) in [5.41, 5.74) is 1.69. The zero-order valence-corrected chi connectivity index (χ0v) is 16.8. The number of sulfonamides is 1. The number of benzene rings is 2. The number of methoxy groups -OCH3 is 1. The molecule has 0 spiro atoms. The lowest BCUT2D eigenvalue weighted by Crippen LogP contribution is -2.32. The molecule has 7 nitrogen and oxygen atoms in total. The number of hydrogen-bond acceptors (Lipinski definition) is 5. The van der Waals surface area contributed by atoms with E-state index in [1.165, 1.54) is 29.6 Å². The fourth-order valence-corrected chi connectivity index (χ4v) is 4.91. The van der Waals surface area contributed by atoms with Crippen LogP contribution in [0.2, 0.25) is 0 Å². The highest BCUT2D eigenvalue weighted by Gasteiger charge is 2.33. The monoisotopic (exact) mass is 402 g/mol. The molecule has 0 atom stereocenters. The van der Waals surface area contributed by atoms with Crippen LogP contribution in [0.5, 0.6) is 5.75 Å². The van der Waals surface area contributed by atoms with E-state index < -0.39 is 10.0 Å². The Morgan fingerprint density at radius 3 is 2.32 bits per heavy atom. The largest absolute Gasteiger partial charge is 0.495 e. The van der Waals surface area contributed by atoms with E-state index in [2.05, 4.69) is 0 Å². The van der Waals surface area contributed by atoms with Crippen molar-refractivity contribution in [2.75, 3.05) is 22.9 Å². The maximum atomic E-state index is 13.4. The summed E-state index contributed by atoms with van der Waals surface area (Å²) in [5, 5.41) is 0. The molecule has 1 saturated heterocycles. The summed E-state index contributed by atoms with van der Waals surface area (Å²) in [6, 6.07) is 11.5. The van der Waals surface area contributed by atoms with Crippen LogP contribution in [0.15, 0.2) is 47.4 Å². The molecule has 8 heteroatoms. The van der Waals surface area contributed by atoms with E-state index in [4.69, 9.17) is 4.74 Å². The molecule has 2 aromatic carbocycles. The highest BCUT2D eigenvalue weighted by Crippen LogP contribution is 2.34. The first-order valence-corrected chi connectivity index (χ1v) is 10.4. The van der Waals surface area contributed by atoms with Crippen LogP contribution < -0.4 is 13.9 Å². The number of aryl methyl sites for hydroxylation is 1. The van der Waals surface area contributed by atoms with Gasteiger partial charge in [-0.05, 0) is 49.7 Å². The van der Waals surface area contributed by atoms with Crippen LogP contribution in [0.1, 0.15) is 25.3 Å². The normalized spacial score (nSPS) is 14.5. The van der Waals surface area contributed by atoms with Gasteiger partial charge in [0, 0.05) is 19.4 Å². The van der Waals surface area contributed by atoms with E-state index in [0.29, 0.717) is 5.69 Å². The van der Waals surface area contributed by atoms with Gasteiger partial charge >= 0.3 is 0 Å². The molecular formula is C20H22N2O5S. The Bertz CT molecular complexity index is 1020. The third-order valence-corrected chi connectivity index (χ3v) is 6.53. The maximum absolute atomic E-state index is 13.4. The second-order valence-corrected chi connectivity index (χ2v) is 8.30. The molecule has 0 N–H and O–H groups in total. The molecule has 0 bridgehead atoms. The summed E-state index contributed by atoms with van der Waals surface area (Å²) < 4.78 is 33.4. The van der Waals surface area contributed by atoms with E-state index in [9.17, 15) is 18.0 Å². The number of hydrogen-bond donors (Lipinski definition) is 0. The predicted octanol–water partition coefficient (Wildman–Crippen LogP) is 2.87. The smallest absolute Gasteiger partial charge is 0.268 e. The van der Waals surface area contributed by atoms with Crippen molar-refractivity contribution in [1.29, 1.82) is 0 Å². The molecular weight excluding hydrogens is 380 g/mol. The molecule has 148 valence electrons. The van der Waals surface area contributed by atoms with Crippen LogP contribution in [0, 0.1) is 6.92 Å². The van der Waals surface area contributed by atoms with Gasteiger partial charge in [-0.15, -0.1) is 0 Å². The Kier molecular flexibility index (Phi) is 5.42. The van der Waals surface area contributed by atoms with Gasteiger partial charge in [-0.25, -0.2) is 8.42 Å². The lowest BCUT2D eigenvalue weighted by Gasteiger charge is -2.25. The molecule has 2 amide bonds. The molecule has 1 aliphatic rings. The Labute approximate surface area is 164 Å². The zero-order valence-electron chi connectivity index (χ0n) is 16.0. The van der Waals surface area contributed by atoms with Gasteiger partial charge in [0.15, 0.2) is 0 Å². The van der Waals surface area contributed by atoms with Crippen molar-refractivity contribution < 1.29 is 22.7 Å². The summed E-state index contributed by atoms with van der Waals surface area (Å²) >= 11 is 0. The highest BCUT2D eigenvalue weighted by atomic mass is 32.2. The number of rotatable bonds is 6. The van der Waals surface area contributed by atoms with Crippen molar-refractivity contribution in [3.05, 3.63) is 48.0 Å². The molecule has 2 aromatic rings. The van der Waals surface area contributed by atoms with Gasteiger partial charge in [0.25, 0.3) is 10.0 Å². The first-order valence-electron chi connectivity index (χ1n) is 8.92. The van der Waals surface area contributed by atoms with Crippen molar-refractivity contribution in [3.8, 4) is 5.75 Å². The molecule has 0 saturated carbocycles. The average molecular weight is 402 g/mol. The van der Waals surface area contributed by atoms with Crippen LogP contribution in [-0.4, -0.2) is 33.9 Å². The third kappa shape index (κ3) is 3.47. The quantitative estimate of drug-likeness (QED) is 0.694. The van der Waals surface area contributed by atoms with Crippen LogP contribution in [-0.2, 0) is 19.6 Å². The van der Waals surface area contributed by atoms with E-state index >= 15 is 0 Å². The predicted molar refractivity (Wildman–Crippen MR) is 106 cm³/mol. The van der Waals surface area contributed by atoms with Crippen LogP contribution >= 0.6 is 0 Å². The first-order chi connectivity index (χ1) is 13.3. The number of nitrogens with zero attached hydrogens (tertiary/aromatic N) is 2. The standard InChI is InChI=1S/C20H22N2O5S/c1-4-21(15-7-5-6-14(2)12-15)28(25,26)18-13-16(8-9-17(18)27-3)22-19(23)10-11-20(22)24/h5-9,12-13H,4,10-11H2,1-3H3. The lowest BCUT2D eigenvalue weighted by molar-refractivity contribution is -0.121. The minimum Gasteiger partial charge on any atom is -0.495 e. The van der Waals surface area contributed by atoms with Gasteiger partial charge in [-0.2, -0.15) is 0 Å². The second-order valence-electron chi connectivity index (χ2n) is 6.47. The zero-order chi connectivity index (χ0) is 20.5. The van der Waals surface area contributed by atoms with Gasteiger partial charge < -0.3 is 4.74 Å². The second kappa shape index (κ2) is 7.63. The molecule has 28 heavy (non-hydrogen) atoms. The van der Waals surface area contributed by atoms with Crippen molar-refractivity contribution in [2.45, 2.75) is 31.6 Å². The number of carbonyl (C=O) groups excluding carboxylic acids is 2. The number of amides is 2. The van der Waals surface area contributed by atoms with Crippen molar-refractivity contribution in [2.24, 2.45) is 0 Å². The van der Waals surface area contributed by atoms with Gasteiger partial charge in [0.2, 0.25) is 11.8 Å². The Morgan fingerprint density at radius 1 is 1.07 bits per heavy atom. The average Bonchev–Trinajstić information content (AvgIpc) is 3.00. The van der Waals surface area contributed by atoms with Gasteiger partial charge in [0.05, 0.1) is 18.5 Å². The van der Waals surface area contributed by atoms with Gasteiger partial charge in [-0.1, -0.05) is 12.1 Å². The summed E-state index contributed by atoms with van der Waals surface area (Å²) in [7, 11) is -2.61. The molecule has 1 heterocycles. The van der Waals surface area contributed by atoms with E-state index in [0.717, 1.165) is 10.5 Å². The van der Waals surface area contributed by atoms with Gasteiger partial charge in [0.1, 0.15) is 10.6 Å². The molecule has 0 unspecified atom stereocenters. The molecule has 1 aliphatic heterocycles. The van der Waals surface area contributed by atoms with E-state index in [1.807, 2.05) is 13.0 Å². The first kappa shape index (κ1) is 19.9. The third-order valence-electron chi connectivity index (χ3n) is 4.60. The Hall–Kier alpha value is -2.87. The highest BCUT2D eigenvalue weighted by molar-refractivity contribution is 7.93. The van der Waals surface area contributed by atoms with E-state index in [1.54, 1.807) is 25.1 Å². The van der Waals surface area contributed by atoms with Gasteiger partial charge in [-0.3, -0.25) is 18.8 Å². The summed E-state index contributed by atoms with van der Waals surface area (Å²) in [5.74, 6) is -0.539. The van der Waals surface area contributed by atoms with Crippen molar-refractivity contribution in [1.82, 2.24) is 0 Å². The summed E-state index contributed by atoms with van der Waals surface area (Å²) in [6.45, 7) is 3.83. The Balaban J connectivity index is 2.13. The fraction of sp³-hybridized carbons (Fsp3) is 0.300. The molecule has 0 radical (unpaired) electrons. The molecule has 0 aliphatic carbocycles. The Morgan fingerprint density at radius 2 is 1.75 bits per heavy atom. The van der Waals surface area contributed by atoms with Crippen molar-refractivity contribution in [3.63, 3.8) is 0 Å².